The Bertz CT molecular complexity index is 582. The van der Waals surface area contributed by atoms with E-state index in [1.807, 2.05) is 6.92 Å². The summed E-state index contributed by atoms with van der Waals surface area (Å²) in [6.45, 7) is 2.67. The Hall–Kier alpha value is -1.81. The maximum atomic E-state index is 13.1. The Morgan fingerprint density at radius 1 is 1.37 bits per heavy atom. The number of carbonyl (C=O) groups excluding carboxylic acids is 1. The van der Waals surface area contributed by atoms with E-state index >= 15 is 0 Å². The van der Waals surface area contributed by atoms with Gasteiger partial charge in [0, 0.05) is 13.1 Å². The molecule has 0 saturated carbocycles. The van der Waals surface area contributed by atoms with Gasteiger partial charge in [-0.05, 0) is 48.4 Å². The number of benzene rings is 1. The molecule has 19 heavy (non-hydrogen) atoms. The van der Waals surface area contributed by atoms with Crippen molar-refractivity contribution < 1.29 is 13.6 Å². The second-order valence-corrected chi connectivity index (χ2v) is 4.43. The molecular weight excluding hydrogens is 269 g/mol. The minimum Gasteiger partial charge on any atom is -0.440 e. The van der Waals surface area contributed by atoms with Crippen molar-refractivity contribution in [3.8, 4) is 0 Å². The van der Waals surface area contributed by atoms with Gasteiger partial charge in [0.1, 0.15) is 5.82 Å². The monoisotopic (exact) mass is 281 g/mol. The third-order valence-corrected chi connectivity index (χ3v) is 2.92. The van der Waals surface area contributed by atoms with E-state index in [0.717, 1.165) is 5.56 Å². The molecule has 1 aromatic heterocycles. The number of halogens is 2. The minimum atomic E-state index is -0.318. The largest absolute Gasteiger partial charge is 0.440 e. The minimum absolute atomic E-state index is 0.171. The molecule has 0 unspecified atom stereocenters. The summed E-state index contributed by atoms with van der Waals surface area (Å²) in [6, 6.07) is 9.21. The van der Waals surface area contributed by atoms with Crippen molar-refractivity contribution in [2.75, 3.05) is 6.54 Å². The predicted molar refractivity (Wildman–Crippen MR) is 70.5 cm³/mol. The van der Waals surface area contributed by atoms with Crippen molar-refractivity contribution in [2.45, 2.75) is 13.5 Å². The summed E-state index contributed by atoms with van der Waals surface area (Å²) < 4.78 is 18.2. The smallest absolute Gasteiger partial charge is 0.289 e. The lowest BCUT2D eigenvalue weighted by Crippen LogP contribution is -2.30. The molecule has 0 saturated heterocycles. The van der Waals surface area contributed by atoms with Crippen LogP contribution < -0.4 is 0 Å². The Morgan fingerprint density at radius 3 is 2.74 bits per heavy atom. The van der Waals surface area contributed by atoms with Crippen LogP contribution in [0.25, 0.3) is 0 Å². The number of carbonyl (C=O) groups is 1. The number of nitrogens with zero attached hydrogens (tertiary/aromatic N) is 1. The number of amides is 1. The molecule has 1 aromatic carbocycles. The first-order chi connectivity index (χ1) is 9.10. The normalized spacial score (nSPS) is 10.5. The van der Waals surface area contributed by atoms with E-state index < -0.39 is 0 Å². The summed E-state index contributed by atoms with van der Waals surface area (Å²) in [4.78, 5) is 13.7. The van der Waals surface area contributed by atoms with E-state index in [1.165, 1.54) is 24.3 Å². The Morgan fingerprint density at radius 2 is 2.16 bits per heavy atom. The molecule has 1 amide bonds. The van der Waals surface area contributed by atoms with E-state index in [1.54, 1.807) is 17.0 Å². The number of hydrogen-bond donors (Lipinski definition) is 0. The second-order valence-electron chi connectivity index (χ2n) is 4.05. The third kappa shape index (κ3) is 3.35. The molecule has 2 rings (SSSR count). The van der Waals surface area contributed by atoms with Gasteiger partial charge in [-0.3, -0.25) is 4.79 Å². The van der Waals surface area contributed by atoms with Crippen LogP contribution in [0.3, 0.4) is 0 Å². The van der Waals surface area contributed by atoms with Gasteiger partial charge in [-0.25, -0.2) is 4.39 Å². The lowest BCUT2D eigenvalue weighted by Gasteiger charge is -2.19. The van der Waals surface area contributed by atoms with Gasteiger partial charge >= 0.3 is 0 Å². The fourth-order valence-electron chi connectivity index (χ4n) is 1.77. The highest BCUT2D eigenvalue weighted by Crippen LogP contribution is 2.16. The summed E-state index contributed by atoms with van der Waals surface area (Å²) in [5.41, 5.74) is 0.729. The van der Waals surface area contributed by atoms with Gasteiger partial charge < -0.3 is 9.32 Å². The fourth-order valence-corrected chi connectivity index (χ4v) is 1.91. The average Bonchev–Trinajstić information content (AvgIpc) is 2.82. The van der Waals surface area contributed by atoms with Crippen LogP contribution in [0.4, 0.5) is 4.39 Å². The number of hydrogen-bond acceptors (Lipinski definition) is 2. The lowest BCUT2D eigenvalue weighted by molar-refractivity contribution is 0.0720. The lowest BCUT2D eigenvalue weighted by atomic mass is 10.2. The topological polar surface area (TPSA) is 33.5 Å². The van der Waals surface area contributed by atoms with E-state index in [0.29, 0.717) is 13.1 Å². The van der Waals surface area contributed by atoms with Gasteiger partial charge in [0.15, 0.2) is 11.0 Å². The Balaban J connectivity index is 2.14. The van der Waals surface area contributed by atoms with Crippen LogP contribution in [0.1, 0.15) is 23.0 Å². The molecule has 0 aliphatic rings. The summed E-state index contributed by atoms with van der Waals surface area (Å²) in [7, 11) is 0. The quantitative estimate of drug-likeness (QED) is 0.855. The second kappa shape index (κ2) is 5.89. The third-order valence-electron chi connectivity index (χ3n) is 2.72. The summed E-state index contributed by atoms with van der Waals surface area (Å²) in [5, 5.41) is 0.171. The highest BCUT2D eigenvalue weighted by molar-refractivity contribution is 6.29. The maximum Gasteiger partial charge on any atom is 0.289 e. The first-order valence-electron chi connectivity index (χ1n) is 5.89. The zero-order valence-electron chi connectivity index (χ0n) is 10.4. The highest BCUT2D eigenvalue weighted by atomic mass is 35.5. The van der Waals surface area contributed by atoms with Gasteiger partial charge in [-0.15, -0.1) is 0 Å². The molecule has 1 heterocycles. The molecule has 0 atom stereocenters. The number of furan rings is 1. The van der Waals surface area contributed by atoms with E-state index in [-0.39, 0.29) is 22.7 Å². The molecule has 0 aliphatic heterocycles. The van der Waals surface area contributed by atoms with Crippen molar-refractivity contribution in [1.82, 2.24) is 4.90 Å². The van der Waals surface area contributed by atoms with E-state index in [2.05, 4.69) is 0 Å². The molecule has 100 valence electrons. The van der Waals surface area contributed by atoms with Crippen molar-refractivity contribution in [3.63, 3.8) is 0 Å². The van der Waals surface area contributed by atoms with Crippen molar-refractivity contribution >= 4 is 17.5 Å². The molecule has 0 bridgehead atoms. The van der Waals surface area contributed by atoms with Gasteiger partial charge in [0.2, 0.25) is 0 Å². The molecule has 2 aromatic rings. The molecule has 0 radical (unpaired) electrons. The number of rotatable bonds is 4. The van der Waals surface area contributed by atoms with Crippen LogP contribution >= 0.6 is 11.6 Å². The molecule has 3 nitrogen and oxygen atoms in total. The molecule has 5 heteroatoms. The van der Waals surface area contributed by atoms with Crippen molar-refractivity contribution in [3.05, 3.63) is 58.8 Å². The predicted octanol–water partition coefficient (Wildman–Crippen LogP) is 3.73. The van der Waals surface area contributed by atoms with Crippen LogP contribution in [0, 0.1) is 5.82 Å². The summed E-state index contributed by atoms with van der Waals surface area (Å²) in [6.07, 6.45) is 0. The fraction of sp³-hybridized carbons (Fsp3) is 0.214. The van der Waals surface area contributed by atoms with E-state index in [9.17, 15) is 9.18 Å². The zero-order chi connectivity index (χ0) is 13.8. The van der Waals surface area contributed by atoms with Crippen LogP contribution in [0.15, 0.2) is 40.8 Å². The standard InChI is InChI=1S/C14H13ClFNO2/c1-2-17(9-10-4-3-5-11(16)8-10)14(18)12-6-7-13(15)19-12/h3-8H,2,9H2,1H3. The molecule has 0 aliphatic carbocycles. The summed E-state index contributed by atoms with van der Waals surface area (Å²) >= 11 is 5.65. The van der Waals surface area contributed by atoms with Crippen LogP contribution in [-0.4, -0.2) is 17.4 Å². The average molecular weight is 282 g/mol. The Labute approximate surface area is 115 Å². The van der Waals surface area contributed by atoms with E-state index in [4.69, 9.17) is 16.0 Å². The van der Waals surface area contributed by atoms with Crippen LogP contribution in [-0.2, 0) is 6.54 Å². The molecule has 0 spiro atoms. The summed E-state index contributed by atoms with van der Waals surface area (Å²) in [5.74, 6) is -0.399. The van der Waals surface area contributed by atoms with Crippen LogP contribution in [0.2, 0.25) is 5.22 Å². The first-order valence-corrected chi connectivity index (χ1v) is 6.27. The van der Waals surface area contributed by atoms with Crippen molar-refractivity contribution in [2.24, 2.45) is 0 Å². The Kier molecular flexibility index (Phi) is 4.22. The molecular formula is C14H13ClFNO2. The zero-order valence-corrected chi connectivity index (χ0v) is 11.2. The maximum absolute atomic E-state index is 13.1. The highest BCUT2D eigenvalue weighted by Gasteiger charge is 2.18. The molecule has 0 N–H and O–H groups in total. The van der Waals surface area contributed by atoms with Crippen molar-refractivity contribution in [1.29, 1.82) is 0 Å². The van der Waals surface area contributed by atoms with Gasteiger partial charge in [0.25, 0.3) is 5.91 Å². The van der Waals surface area contributed by atoms with Gasteiger partial charge in [-0.2, -0.15) is 0 Å². The van der Waals surface area contributed by atoms with Gasteiger partial charge in [0.05, 0.1) is 0 Å². The SMILES string of the molecule is CCN(Cc1cccc(F)c1)C(=O)c1ccc(Cl)o1. The van der Waals surface area contributed by atoms with Crippen LogP contribution in [0.5, 0.6) is 0 Å². The molecule has 0 fully saturated rings. The van der Waals surface area contributed by atoms with Gasteiger partial charge in [-0.1, -0.05) is 12.1 Å². The first kappa shape index (κ1) is 13.6.